The highest BCUT2D eigenvalue weighted by atomic mass is 16.5. The van der Waals surface area contributed by atoms with Crippen LogP contribution in [0.5, 0.6) is 11.5 Å². The van der Waals surface area contributed by atoms with Gasteiger partial charge in [-0.15, -0.1) is 0 Å². The van der Waals surface area contributed by atoms with Crippen LogP contribution in [0.3, 0.4) is 0 Å². The van der Waals surface area contributed by atoms with Crippen LogP contribution in [-0.2, 0) is 22.4 Å². The lowest BCUT2D eigenvalue weighted by Gasteiger charge is -2.36. The van der Waals surface area contributed by atoms with Gasteiger partial charge in [0.25, 0.3) is 0 Å². The zero-order valence-electron chi connectivity index (χ0n) is 28.0. The number of benzene rings is 3. The molecule has 6 atom stereocenters. The van der Waals surface area contributed by atoms with Crippen molar-refractivity contribution in [3.05, 3.63) is 95.6 Å². The van der Waals surface area contributed by atoms with Gasteiger partial charge in [-0.3, -0.25) is 14.5 Å². The Hall–Kier alpha value is -3.96. The lowest BCUT2D eigenvalue weighted by atomic mass is 9.92. The molecule has 1 fully saturated rings. The molecule has 5 rings (SSSR count). The second-order valence-electron chi connectivity index (χ2n) is 13.8. The van der Waals surface area contributed by atoms with Gasteiger partial charge < -0.3 is 35.4 Å². The molecule has 10 heteroatoms. The summed E-state index contributed by atoms with van der Waals surface area (Å²) in [5, 5.41) is 37.0. The number of para-hydroxylation sites is 1. The van der Waals surface area contributed by atoms with Crippen molar-refractivity contribution >= 4 is 11.8 Å². The van der Waals surface area contributed by atoms with E-state index in [1.165, 1.54) is 0 Å². The molecule has 10 nitrogen and oxygen atoms in total. The quantitative estimate of drug-likeness (QED) is 0.178. The number of likely N-dealkylation sites (tertiary alicyclic amines) is 1. The fraction of sp³-hybridized carbons (Fsp3) is 0.474. The Bertz CT molecular complexity index is 1490. The van der Waals surface area contributed by atoms with Gasteiger partial charge in [-0.05, 0) is 74.6 Å². The molecule has 2 amide bonds. The Balaban J connectivity index is 1.24. The molecule has 5 N–H and O–H groups in total. The van der Waals surface area contributed by atoms with Gasteiger partial charge in [0, 0.05) is 37.4 Å². The van der Waals surface area contributed by atoms with Crippen molar-refractivity contribution in [3.8, 4) is 11.5 Å². The van der Waals surface area contributed by atoms with E-state index in [0.717, 1.165) is 22.4 Å². The molecule has 2 aliphatic rings. The Morgan fingerprint density at radius 3 is 2.40 bits per heavy atom. The number of hydrogen-bond donors (Lipinski definition) is 5. The second-order valence-corrected chi connectivity index (χ2v) is 13.8. The van der Waals surface area contributed by atoms with E-state index in [2.05, 4.69) is 36.3 Å². The normalized spacial score (nSPS) is 22.0. The first-order valence-electron chi connectivity index (χ1n) is 16.8. The highest BCUT2D eigenvalue weighted by Crippen LogP contribution is 2.32. The molecule has 1 saturated heterocycles. The van der Waals surface area contributed by atoms with Gasteiger partial charge in [-0.2, -0.15) is 0 Å². The fourth-order valence-electron chi connectivity index (χ4n) is 6.78. The van der Waals surface area contributed by atoms with Crippen LogP contribution in [0.25, 0.3) is 0 Å². The number of amides is 2. The van der Waals surface area contributed by atoms with E-state index in [4.69, 9.17) is 14.6 Å². The molecule has 0 spiro atoms. The van der Waals surface area contributed by atoms with Gasteiger partial charge in [0.1, 0.15) is 24.2 Å². The number of ether oxygens (including phenoxy) is 2. The van der Waals surface area contributed by atoms with Crippen LogP contribution < -0.4 is 20.1 Å². The number of hydrogen-bond acceptors (Lipinski definition) is 8. The van der Waals surface area contributed by atoms with Gasteiger partial charge in [-0.1, -0.05) is 54.6 Å². The lowest BCUT2D eigenvalue weighted by molar-refractivity contribution is -0.128. The van der Waals surface area contributed by atoms with Crippen molar-refractivity contribution in [3.63, 3.8) is 0 Å². The highest BCUT2D eigenvalue weighted by molar-refractivity contribution is 5.82. The van der Waals surface area contributed by atoms with Gasteiger partial charge >= 0.3 is 0 Å². The number of rotatable bonds is 14. The largest absolute Gasteiger partial charge is 0.491 e. The number of carbonyl (C=O) groups is 2. The molecule has 0 saturated carbocycles. The molecule has 1 unspecified atom stereocenters. The van der Waals surface area contributed by atoms with Crippen LogP contribution >= 0.6 is 0 Å². The van der Waals surface area contributed by atoms with Gasteiger partial charge in [-0.25, -0.2) is 0 Å². The van der Waals surface area contributed by atoms with Crippen molar-refractivity contribution < 1.29 is 34.4 Å². The van der Waals surface area contributed by atoms with E-state index in [1.807, 2.05) is 66.7 Å². The third-order valence-corrected chi connectivity index (χ3v) is 9.18. The minimum Gasteiger partial charge on any atom is -0.491 e. The number of fused-ring (bicyclic) bond motifs is 1. The summed E-state index contributed by atoms with van der Waals surface area (Å²) in [4.78, 5) is 29.5. The van der Waals surface area contributed by atoms with Crippen LogP contribution in [-0.4, -0.2) is 88.2 Å². The maximum atomic E-state index is 13.8. The molecule has 0 bridgehead atoms. The summed E-state index contributed by atoms with van der Waals surface area (Å²) in [6, 6.07) is 23.6. The maximum absolute atomic E-state index is 13.8. The number of aliphatic hydroxyl groups is 3. The Kier molecular flexibility index (Phi) is 11.8. The van der Waals surface area contributed by atoms with E-state index in [0.29, 0.717) is 31.6 Å². The minimum absolute atomic E-state index is 0.00979. The van der Waals surface area contributed by atoms with Crippen molar-refractivity contribution in [1.29, 1.82) is 0 Å². The summed E-state index contributed by atoms with van der Waals surface area (Å²) >= 11 is 0. The maximum Gasteiger partial charge on any atom is 0.237 e. The fourth-order valence-corrected chi connectivity index (χ4v) is 6.78. The molecular weight excluding hydrogens is 610 g/mol. The minimum atomic E-state index is -0.987. The van der Waals surface area contributed by atoms with Crippen molar-refractivity contribution in [2.24, 2.45) is 5.92 Å². The zero-order valence-corrected chi connectivity index (χ0v) is 28.0. The topological polar surface area (TPSA) is 141 Å². The van der Waals surface area contributed by atoms with E-state index in [9.17, 15) is 19.8 Å². The van der Waals surface area contributed by atoms with Gasteiger partial charge in [0.05, 0.1) is 30.9 Å². The molecule has 1 aliphatic heterocycles. The van der Waals surface area contributed by atoms with E-state index < -0.39 is 30.2 Å². The van der Waals surface area contributed by atoms with Crippen LogP contribution in [0.1, 0.15) is 56.3 Å². The number of nitrogens with zero attached hydrogens (tertiary/aromatic N) is 1. The first-order chi connectivity index (χ1) is 23.0. The highest BCUT2D eigenvalue weighted by Gasteiger charge is 2.43. The van der Waals surface area contributed by atoms with Crippen LogP contribution in [0, 0.1) is 5.92 Å². The summed E-state index contributed by atoms with van der Waals surface area (Å²) < 4.78 is 11.7. The van der Waals surface area contributed by atoms with E-state index >= 15 is 0 Å². The molecule has 0 aromatic heterocycles. The Labute approximate surface area is 283 Å². The SMILES string of the molecule is CC(C)(C)N1C[C@@H](Oc2ccccc2)CC1C(=O)NC[C@@H](O)C[C@H](Cc1ccc(OCCO)cc1)C(=O)N[C@H]1c2ccccc2C[C@H]1O. The number of aliphatic hydroxyl groups excluding tert-OH is 3. The first kappa shape index (κ1) is 35.3. The summed E-state index contributed by atoms with van der Waals surface area (Å²) in [5.74, 6) is 0.265. The van der Waals surface area contributed by atoms with E-state index in [1.54, 1.807) is 12.1 Å². The molecule has 258 valence electrons. The lowest BCUT2D eigenvalue weighted by Crippen LogP contribution is -2.52. The molecule has 1 aliphatic carbocycles. The monoisotopic (exact) mass is 659 g/mol. The Morgan fingerprint density at radius 2 is 1.69 bits per heavy atom. The number of nitrogens with one attached hydrogen (secondary N) is 2. The summed E-state index contributed by atoms with van der Waals surface area (Å²) in [5.41, 5.74) is 2.48. The average Bonchev–Trinajstić information content (AvgIpc) is 3.64. The number of carbonyl (C=O) groups excluding carboxylic acids is 2. The van der Waals surface area contributed by atoms with Crippen LogP contribution in [0.2, 0.25) is 0 Å². The average molecular weight is 660 g/mol. The predicted octanol–water partition coefficient (Wildman–Crippen LogP) is 3.18. The van der Waals surface area contributed by atoms with Gasteiger partial charge in [0.2, 0.25) is 11.8 Å². The molecule has 0 radical (unpaired) electrons. The van der Waals surface area contributed by atoms with Crippen LogP contribution in [0.15, 0.2) is 78.9 Å². The second kappa shape index (κ2) is 16.0. The Morgan fingerprint density at radius 1 is 0.979 bits per heavy atom. The predicted molar refractivity (Wildman–Crippen MR) is 183 cm³/mol. The van der Waals surface area contributed by atoms with Crippen LogP contribution in [0.4, 0.5) is 0 Å². The third kappa shape index (κ3) is 9.14. The summed E-state index contributed by atoms with van der Waals surface area (Å²) in [6.45, 7) is 6.89. The molecular formula is C38H49N3O7. The van der Waals surface area contributed by atoms with Crippen molar-refractivity contribution in [1.82, 2.24) is 15.5 Å². The van der Waals surface area contributed by atoms with Crippen molar-refractivity contribution in [2.75, 3.05) is 26.3 Å². The van der Waals surface area contributed by atoms with Gasteiger partial charge in [0.15, 0.2) is 0 Å². The summed E-state index contributed by atoms with van der Waals surface area (Å²) in [7, 11) is 0. The molecule has 48 heavy (non-hydrogen) atoms. The summed E-state index contributed by atoms with van der Waals surface area (Å²) in [6.07, 6.45) is -0.476. The molecule has 3 aromatic rings. The van der Waals surface area contributed by atoms with Crippen molar-refractivity contribution in [2.45, 2.75) is 82.4 Å². The standard InChI is InChI=1S/C38H49N3O7/c1-38(2,3)41-24-31(48-30-10-5-4-6-11-30)22-33(41)37(46)39-23-28(43)20-27(19-25-13-15-29(16-14-25)47-18-17-42)36(45)40-35-32-12-8-7-9-26(32)21-34(35)44/h4-16,27-28,31,33-35,42-44H,17-24H2,1-3H3,(H,39,46)(H,40,45)/t27-,28-,31-,33?,34+,35-/m0/s1. The van der Waals surface area contributed by atoms with E-state index in [-0.39, 0.29) is 49.6 Å². The smallest absolute Gasteiger partial charge is 0.237 e. The molecule has 3 aromatic carbocycles. The third-order valence-electron chi connectivity index (χ3n) is 9.18. The molecule has 1 heterocycles. The first-order valence-corrected chi connectivity index (χ1v) is 16.8. The zero-order chi connectivity index (χ0) is 34.3.